The Balaban J connectivity index is 1.99. The van der Waals surface area contributed by atoms with E-state index in [1.54, 1.807) is 4.90 Å². The van der Waals surface area contributed by atoms with E-state index in [-0.39, 0.29) is 23.9 Å². The number of nitrogens with zero attached hydrogens (tertiary/aromatic N) is 1. The minimum absolute atomic E-state index is 0.100. The number of halogens is 1. The Labute approximate surface area is 141 Å². The maximum absolute atomic E-state index is 12.5. The standard InChI is InChI=1S/C17H23ClN2O3/c1-11(2)15(12-3-5-14(18)6-4-12)19-17(23)20-9-7-13(8-10-20)16(21)22/h3-6,11,13,15H,7-10H2,1-2H3,(H,19,23)(H,21,22). The van der Waals surface area contributed by atoms with Crippen LogP contribution in [0.3, 0.4) is 0 Å². The first-order valence-corrected chi connectivity index (χ1v) is 8.30. The fourth-order valence-corrected chi connectivity index (χ4v) is 2.98. The number of urea groups is 1. The molecule has 1 saturated heterocycles. The zero-order chi connectivity index (χ0) is 17.0. The van der Waals surface area contributed by atoms with Gasteiger partial charge in [-0.05, 0) is 36.5 Å². The lowest BCUT2D eigenvalue weighted by molar-refractivity contribution is -0.143. The molecule has 126 valence electrons. The van der Waals surface area contributed by atoms with Gasteiger partial charge in [0.1, 0.15) is 0 Å². The van der Waals surface area contributed by atoms with Crippen molar-refractivity contribution in [2.75, 3.05) is 13.1 Å². The first kappa shape index (κ1) is 17.6. The molecule has 0 aliphatic carbocycles. The van der Waals surface area contributed by atoms with E-state index in [9.17, 15) is 9.59 Å². The SMILES string of the molecule is CC(C)C(NC(=O)N1CCC(C(=O)O)CC1)c1ccc(Cl)cc1. The highest BCUT2D eigenvalue weighted by Gasteiger charge is 2.28. The Hall–Kier alpha value is -1.75. The number of carboxylic acid groups (broad SMARTS) is 1. The number of hydrogen-bond acceptors (Lipinski definition) is 2. The topological polar surface area (TPSA) is 69.6 Å². The fraction of sp³-hybridized carbons (Fsp3) is 0.529. The molecule has 0 saturated carbocycles. The van der Waals surface area contributed by atoms with Crippen LogP contribution in [0.15, 0.2) is 24.3 Å². The summed E-state index contributed by atoms with van der Waals surface area (Å²) >= 11 is 5.92. The second kappa shape index (κ2) is 7.68. The molecule has 2 N–H and O–H groups in total. The molecule has 0 aromatic heterocycles. The van der Waals surface area contributed by atoms with Gasteiger partial charge < -0.3 is 15.3 Å². The Morgan fingerprint density at radius 2 is 1.78 bits per heavy atom. The summed E-state index contributed by atoms with van der Waals surface area (Å²) in [5, 5.41) is 12.8. The van der Waals surface area contributed by atoms with Crippen molar-refractivity contribution in [3.05, 3.63) is 34.9 Å². The van der Waals surface area contributed by atoms with E-state index in [0.29, 0.717) is 31.0 Å². The van der Waals surface area contributed by atoms with Crippen LogP contribution < -0.4 is 5.32 Å². The number of piperidine rings is 1. The van der Waals surface area contributed by atoms with Crippen LogP contribution in [0.25, 0.3) is 0 Å². The molecular formula is C17H23ClN2O3. The molecule has 2 amide bonds. The molecule has 1 aromatic carbocycles. The van der Waals surface area contributed by atoms with Gasteiger partial charge in [-0.3, -0.25) is 4.79 Å². The average molecular weight is 339 g/mol. The third kappa shape index (κ3) is 4.61. The highest BCUT2D eigenvalue weighted by molar-refractivity contribution is 6.30. The molecule has 1 atom stereocenters. The lowest BCUT2D eigenvalue weighted by Gasteiger charge is -2.32. The van der Waals surface area contributed by atoms with Crippen molar-refractivity contribution in [2.45, 2.75) is 32.7 Å². The van der Waals surface area contributed by atoms with Gasteiger partial charge in [-0.2, -0.15) is 0 Å². The van der Waals surface area contributed by atoms with Gasteiger partial charge in [0, 0.05) is 18.1 Å². The number of carbonyl (C=O) groups excluding carboxylic acids is 1. The van der Waals surface area contributed by atoms with E-state index in [2.05, 4.69) is 19.2 Å². The van der Waals surface area contributed by atoms with Crippen molar-refractivity contribution in [2.24, 2.45) is 11.8 Å². The molecule has 6 heteroatoms. The Morgan fingerprint density at radius 1 is 1.22 bits per heavy atom. The van der Waals surface area contributed by atoms with Gasteiger partial charge in [-0.15, -0.1) is 0 Å². The van der Waals surface area contributed by atoms with Crippen molar-refractivity contribution in [3.8, 4) is 0 Å². The van der Waals surface area contributed by atoms with E-state index in [1.165, 1.54) is 0 Å². The number of carboxylic acids is 1. The summed E-state index contributed by atoms with van der Waals surface area (Å²) in [5.74, 6) is -0.876. The number of nitrogens with one attached hydrogen (secondary N) is 1. The van der Waals surface area contributed by atoms with Crippen LogP contribution in [-0.2, 0) is 4.79 Å². The number of rotatable bonds is 4. The maximum Gasteiger partial charge on any atom is 0.317 e. The van der Waals surface area contributed by atoms with Crippen molar-refractivity contribution < 1.29 is 14.7 Å². The molecule has 0 spiro atoms. The Bertz CT molecular complexity index is 551. The first-order chi connectivity index (χ1) is 10.9. The van der Waals surface area contributed by atoms with Crippen LogP contribution >= 0.6 is 11.6 Å². The molecule has 23 heavy (non-hydrogen) atoms. The molecular weight excluding hydrogens is 316 g/mol. The highest BCUT2D eigenvalue weighted by atomic mass is 35.5. The normalized spacial score (nSPS) is 17.1. The number of amides is 2. The second-order valence-electron chi connectivity index (χ2n) is 6.32. The molecule has 1 aromatic rings. The summed E-state index contributed by atoms with van der Waals surface area (Å²) < 4.78 is 0. The van der Waals surface area contributed by atoms with Crippen LogP contribution in [0.4, 0.5) is 4.79 Å². The van der Waals surface area contributed by atoms with Gasteiger partial charge in [0.15, 0.2) is 0 Å². The molecule has 5 nitrogen and oxygen atoms in total. The minimum Gasteiger partial charge on any atom is -0.481 e. The molecule has 1 aliphatic rings. The molecule has 0 radical (unpaired) electrons. The van der Waals surface area contributed by atoms with Crippen LogP contribution in [0, 0.1) is 11.8 Å². The number of hydrogen-bond donors (Lipinski definition) is 2. The van der Waals surface area contributed by atoms with Crippen molar-refractivity contribution in [1.29, 1.82) is 0 Å². The van der Waals surface area contributed by atoms with E-state index >= 15 is 0 Å². The molecule has 2 rings (SSSR count). The largest absolute Gasteiger partial charge is 0.481 e. The van der Waals surface area contributed by atoms with Crippen LogP contribution in [0.1, 0.15) is 38.3 Å². The summed E-state index contributed by atoms with van der Waals surface area (Å²) in [5.41, 5.74) is 1.01. The molecule has 1 unspecified atom stereocenters. The predicted molar refractivity (Wildman–Crippen MR) is 89.5 cm³/mol. The van der Waals surface area contributed by atoms with Gasteiger partial charge in [-0.1, -0.05) is 37.6 Å². The van der Waals surface area contributed by atoms with E-state index in [1.807, 2.05) is 24.3 Å². The summed E-state index contributed by atoms with van der Waals surface area (Å²) in [7, 11) is 0. The summed E-state index contributed by atoms with van der Waals surface area (Å²) in [6.45, 7) is 5.06. The number of likely N-dealkylation sites (tertiary alicyclic amines) is 1. The summed E-state index contributed by atoms with van der Waals surface area (Å²) in [6.07, 6.45) is 1.02. The maximum atomic E-state index is 12.5. The highest BCUT2D eigenvalue weighted by Crippen LogP contribution is 2.24. The van der Waals surface area contributed by atoms with Crippen molar-refractivity contribution in [1.82, 2.24) is 10.2 Å². The number of benzene rings is 1. The van der Waals surface area contributed by atoms with E-state index < -0.39 is 5.97 Å². The second-order valence-corrected chi connectivity index (χ2v) is 6.76. The third-order valence-corrected chi connectivity index (χ3v) is 4.56. The van der Waals surface area contributed by atoms with Gasteiger partial charge in [-0.25, -0.2) is 4.79 Å². The molecule has 0 bridgehead atoms. The lowest BCUT2D eigenvalue weighted by Crippen LogP contribution is -2.47. The average Bonchev–Trinajstić information content (AvgIpc) is 2.53. The van der Waals surface area contributed by atoms with Gasteiger partial charge in [0.05, 0.1) is 12.0 Å². The smallest absolute Gasteiger partial charge is 0.317 e. The quantitative estimate of drug-likeness (QED) is 0.882. The van der Waals surface area contributed by atoms with Gasteiger partial charge in [0.25, 0.3) is 0 Å². The Morgan fingerprint density at radius 3 is 2.26 bits per heavy atom. The predicted octanol–water partition coefficient (Wildman–Crippen LogP) is 3.54. The van der Waals surface area contributed by atoms with Crippen molar-refractivity contribution >= 4 is 23.6 Å². The van der Waals surface area contributed by atoms with Crippen LogP contribution in [0.5, 0.6) is 0 Å². The number of carbonyl (C=O) groups is 2. The van der Waals surface area contributed by atoms with Crippen molar-refractivity contribution in [3.63, 3.8) is 0 Å². The van der Waals surface area contributed by atoms with Gasteiger partial charge in [0.2, 0.25) is 0 Å². The summed E-state index contributed by atoms with van der Waals surface area (Å²) in [4.78, 5) is 25.2. The lowest BCUT2D eigenvalue weighted by atomic mass is 9.95. The van der Waals surface area contributed by atoms with Crippen LogP contribution in [-0.4, -0.2) is 35.1 Å². The third-order valence-electron chi connectivity index (χ3n) is 4.31. The Kier molecular flexibility index (Phi) is 5.88. The monoisotopic (exact) mass is 338 g/mol. The summed E-state index contributed by atoms with van der Waals surface area (Å²) in [6, 6.07) is 7.24. The molecule has 1 heterocycles. The van der Waals surface area contributed by atoms with Gasteiger partial charge >= 0.3 is 12.0 Å². The molecule has 1 aliphatic heterocycles. The zero-order valence-electron chi connectivity index (χ0n) is 13.5. The van der Waals surface area contributed by atoms with E-state index in [4.69, 9.17) is 16.7 Å². The van der Waals surface area contributed by atoms with Crippen LogP contribution in [0.2, 0.25) is 5.02 Å². The van der Waals surface area contributed by atoms with E-state index in [0.717, 1.165) is 5.56 Å². The molecule has 1 fully saturated rings. The minimum atomic E-state index is -0.772. The number of aliphatic carboxylic acids is 1. The zero-order valence-corrected chi connectivity index (χ0v) is 14.2. The fourth-order valence-electron chi connectivity index (χ4n) is 2.86. The first-order valence-electron chi connectivity index (χ1n) is 7.92.